The van der Waals surface area contributed by atoms with Crippen molar-refractivity contribution in [1.82, 2.24) is 4.72 Å². The van der Waals surface area contributed by atoms with E-state index < -0.39 is 27.5 Å². The molecular weight excluding hydrogens is 414 g/mol. The Hall–Kier alpha value is -3.29. The maximum Gasteiger partial charge on any atom is 0.381 e. The van der Waals surface area contributed by atoms with Crippen LogP contribution in [0.1, 0.15) is 33.5 Å². The Bertz CT molecular complexity index is 1240. The Morgan fingerprint density at radius 3 is 2.26 bits per heavy atom. The molecule has 0 saturated heterocycles. The fraction of sp³-hybridized carbons (Fsp3) is 0.167. The van der Waals surface area contributed by atoms with Crippen molar-refractivity contribution in [1.29, 1.82) is 0 Å². The number of ketones is 1. The highest BCUT2D eigenvalue weighted by atomic mass is 32.2. The minimum Gasteiger partial charge on any atom is -0.432 e. The molecule has 6 nitrogen and oxygen atoms in total. The lowest BCUT2D eigenvalue weighted by Crippen LogP contribution is -2.48. The molecule has 0 bridgehead atoms. The van der Waals surface area contributed by atoms with Crippen LogP contribution in [0, 0.1) is 6.92 Å². The number of ether oxygens (including phenoxy) is 1. The van der Waals surface area contributed by atoms with Gasteiger partial charge in [0, 0.05) is 17.5 Å². The minimum atomic E-state index is -4.04. The van der Waals surface area contributed by atoms with Crippen LogP contribution in [0.3, 0.4) is 0 Å². The van der Waals surface area contributed by atoms with E-state index in [0.717, 1.165) is 11.1 Å². The van der Waals surface area contributed by atoms with Crippen LogP contribution >= 0.6 is 0 Å². The average molecular weight is 436 g/mol. The van der Waals surface area contributed by atoms with Crippen LogP contribution in [0.25, 0.3) is 0 Å². The fourth-order valence-electron chi connectivity index (χ4n) is 3.72. The average Bonchev–Trinajstić information content (AvgIpc) is 3.11. The highest BCUT2D eigenvalue weighted by molar-refractivity contribution is 7.89. The Morgan fingerprint density at radius 2 is 1.55 bits per heavy atom. The van der Waals surface area contributed by atoms with Crippen LogP contribution in [-0.4, -0.2) is 20.2 Å². The first-order chi connectivity index (χ1) is 14.8. The van der Waals surface area contributed by atoms with Gasteiger partial charge in [0.25, 0.3) is 5.78 Å². The molecule has 0 fully saturated rings. The van der Waals surface area contributed by atoms with Crippen molar-refractivity contribution in [3.8, 4) is 0 Å². The molecule has 158 valence electrons. The van der Waals surface area contributed by atoms with Gasteiger partial charge in [0.2, 0.25) is 15.7 Å². The summed E-state index contributed by atoms with van der Waals surface area (Å²) in [7, 11) is -4.04. The summed E-state index contributed by atoms with van der Waals surface area (Å²) in [5.74, 6) is -1.95. The third kappa shape index (κ3) is 4.15. The summed E-state index contributed by atoms with van der Waals surface area (Å²) in [6.45, 7) is 1.86. The van der Waals surface area contributed by atoms with Gasteiger partial charge >= 0.3 is 5.97 Å². The molecule has 0 spiro atoms. The van der Waals surface area contributed by atoms with Crippen molar-refractivity contribution in [3.05, 3.63) is 101 Å². The Kier molecular flexibility index (Phi) is 5.47. The van der Waals surface area contributed by atoms with Gasteiger partial charge in [0.05, 0.1) is 4.90 Å². The van der Waals surface area contributed by atoms with E-state index in [1.54, 1.807) is 42.5 Å². The van der Waals surface area contributed by atoms with Crippen LogP contribution < -0.4 is 4.72 Å². The van der Waals surface area contributed by atoms with Crippen LogP contribution in [0.15, 0.2) is 83.8 Å². The molecule has 1 atom stereocenters. The molecule has 0 amide bonds. The van der Waals surface area contributed by atoms with Gasteiger partial charge in [-0.3, -0.25) is 4.79 Å². The van der Waals surface area contributed by atoms with E-state index in [1.807, 2.05) is 19.1 Å². The van der Waals surface area contributed by atoms with Gasteiger partial charge in [-0.2, -0.15) is 4.72 Å². The lowest BCUT2D eigenvalue weighted by molar-refractivity contribution is -0.156. The van der Waals surface area contributed by atoms with E-state index in [2.05, 4.69) is 4.72 Å². The van der Waals surface area contributed by atoms with Gasteiger partial charge in [-0.1, -0.05) is 72.3 Å². The summed E-state index contributed by atoms with van der Waals surface area (Å²) in [4.78, 5) is 25.4. The Balaban J connectivity index is 1.71. The Morgan fingerprint density at radius 1 is 0.903 bits per heavy atom. The number of hydrogen-bond donors (Lipinski definition) is 1. The van der Waals surface area contributed by atoms with Crippen molar-refractivity contribution >= 4 is 21.8 Å². The number of carbonyl (C=O) groups excluding carboxylic acids is 2. The van der Waals surface area contributed by atoms with Crippen LogP contribution in [0.2, 0.25) is 0 Å². The molecular formula is C24H21NO5S. The lowest BCUT2D eigenvalue weighted by atomic mass is 10.1. The smallest absolute Gasteiger partial charge is 0.381 e. The number of sulfonamides is 1. The summed E-state index contributed by atoms with van der Waals surface area (Å²) < 4.78 is 34.5. The van der Waals surface area contributed by atoms with Crippen LogP contribution in [0.5, 0.6) is 0 Å². The molecule has 31 heavy (non-hydrogen) atoms. The molecule has 3 aromatic carbocycles. The fourth-order valence-corrected chi connectivity index (χ4v) is 5.02. The van der Waals surface area contributed by atoms with Gasteiger partial charge in [-0.15, -0.1) is 0 Å². The van der Waals surface area contributed by atoms with Gasteiger partial charge in [0.1, 0.15) is 0 Å². The van der Waals surface area contributed by atoms with E-state index in [4.69, 9.17) is 4.74 Å². The largest absolute Gasteiger partial charge is 0.432 e. The topological polar surface area (TPSA) is 89.5 Å². The first kappa shape index (κ1) is 21.0. The van der Waals surface area contributed by atoms with Crippen molar-refractivity contribution in [2.45, 2.75) is 30.4 Å². The molecule has 1 N–H and O–H groups in total. The van der Waals surface area contributed by atoms with E-state index >= 15 is 0 Å². The number of hydrogen-bond acceptors (Lipinski definition) is 5. The number of esters is 1. The molecule has 1 aliphatic carbocycles. The second-order valence-electron chi connectivity index (χ2n) is 7.49. The molecule has 0 aliphatic heterocycles. The van der Waals surface area contributed by atoms with Crippen molar-refractivity contribution < 1.29 is 22.7 Å². The summed E-state index contributed by atoms with van der Waals surface area (Å²) >= 11 is 0. The highest BCUT2D eigenvalue weighted by Crippen LogP contribution is 2.39. The summed E-state index contributed by atoms with van der Waals surface area (Å²) in [5.41, 5.74) is 0.811. The number of benzene rings is 3. The zero-order valence-electron chi connectivity index (χ0n) is 16.9. The Labute approximate surface area is 180 Å². The second-order valence-corrected chi connectivity index (χ2v) is 9.17. The number of carbonyl (C=O) groups is 2. The SMILES string of the molecule is Cc1ccc(S(=O)(=O)N[C@@]2(OC(=O)C(=O)c3ccccc3)CCc3ccccc32)cc1. The first-order valence-corrected chi connectivity index (χ1v) is 11.3. The zero-order valence-corrected chi connectivity index (χ0v) is 17.7. The van der Waals surface area contributed by atoms with Crippen molar-refractivity contribution in [2.75, 3.05) is 0 Å². The predicted octanol–water partition coefficient (Wildman–Crippen LogP) is 3.50. The minimum absolute atomic E-state index is 0.0484. The predicted molar refractivity (Wildman–Crippen MR) is 115 cm³/mol. The number of rotatable bonds is 6. The van der Waals surface area contributed by atoms with Crippen molar-refractivity contribution in [2.24, 2.45) is 0 Å². The lowest BCUT2D eigenvalue weighted by Gasteiger charge is -2.30. The molecule has 1 aliphatic rings. The summed E-state index contributed by atoms with van der Waals surface area (Å²) in [5, 5.41) is 0. The number of fused-ring (bicyclic) bond motifs is 1. The monoisotopic (exact) mass is 435 g/mol. The van der Waals surface area contributed by atoms with E-state index in [0.29, 0.717) is 12.0 Å². The molecule has 3 aromatic rings. The van der Waals surface area contributed by atoms with Crippen LogP contribution in [-0.2, 0) is 31.7 Å². The maximum absolute atomic E-state index is 13.1. The maximum atomic E-state index is 13.1. The second kappa shape index (κ2) is 8.09. The van der Waals surface area contributed by atoms with Gasteiger partial charge in [-0.25, -0.2) is 13.2 Å². The van der Waals surface area contributed by atoms with E-state index in [-0.39, 0.29) is 16.9 Å². The van der Waals surface area contributed by atoms with E-state index in [1.165, 1.54) is 24.3 Å². The van der Waals surface area contributed by atoms with Gasteiger partial charge in [-0.05, 0) is 31.0 Å². The third-order valence-electron chi connectivity index (χ3n) is 5.32. The number of aryl methyl sites for hydroxylation is 2. The first-order valence-electron chi connectivity index (χ1n) is 9.82. The normalized spacial score (nSPS) is 17.7. The van der Waals surface area contributed by atoms with E-state index in [9.17, 15) is 18.0 Å². The number of Topliss-reactive ketones (excluding diaryl/α,β-unsaturated/α-hetero) is 1. The van der Waals surface area contributed by atoms with Gasteiger partial charge in [0.15, 0.2) is 0 Å². The molecule has 4 rings (SSSR count). The summed E-state index contributed by atoms with van der Waals surface area (Å²) in [6.07, 6.45) is 0.685. The molecule has 0 saturated carbocycles. The van der Waals surface area contributed by atoms with Crippen molar-refractivity contribution in [3.63, 3.8) is 0 Å². The molecule has 0 heterocycles. The quantitative estimate of drug-likeness (QED) is 0.277. The third-order valence-corrected chi connectivity index (χ3v) is 6.81. The van der Waals surface area contributed by atoms with Gasteiger partial charge < -0.3 is 4.74 Å². The van der Waals surface area contributed by atoms with Crippen LogP contribution in [0.4, 0.5) is 0 Å². The number of nitrogens with one attached hydrogen (secondary N) is 1. The highest BCUT2D eigenvalue weighted by Gasteiger charge is 2.46. The molecule has 0 aromatic heterocycles. The molecule has 0 unspecified atom stereocenters. The summed E-state index contributed by atoms with van der Waals surface area (Å²) in [6, 6.07) is 21.5. The zero-order chi connectivity index (χ0) is 22.1. The molecule has 7 heteroatoms. The standard InChI is InChI=1S/C24H21NO5S/c1-17-11-13-20(14-12-17)31(28,29)25-24(16-15-18-7-5-6-10-21(18)24)30-23(27)22(26)19-8-3-2-4-9-19/h2-14,25H,15-16H2,1H3/t24-/m1/s1. The molecule has 0 radical (unpaired) electrons.